The Hall–Kier alpha value is -2.80. The number of amides is 1. The van der Waals surface area contributed by atoms with Gasteiger partial charge < -0.3 is 19.1 Å². The number of carbonyl (C=O) groups is 2. The molecule has 0 aliphatic heterocycles. The van der Waals surface area contributed by atoms with Crippen LogP contribution in [-0.2, 0) is 16.1 Å². The third-order valence-electron chi connectivity index (χ3n) is 3.94. The molecule has 150 valence electrons. The van der Waals surface area contributed by atoms with Gasteiger partial charge >= 0.3 is 5.97 Å². The first kappa shape index (κ1) is 21.5. The molecule has 0 N–H and O–H groups in total. The third-order valence-corrected chi connectivity index (χ3v) is 4.24. The van der Waals surface area contributed by atoms with Gasteiger partial charge in [0.05, 0.1) is 19.3 Å². The van der Waals surface area contributed by atoms with E-state index in [-0.39, 0.29) is 23.2 Å². The van der Waals surface area contributed by atoms with Crippen molar-refractivity contribution < 1.29 is 23.8 Å². The highest BCUT2D eigenvalue weighted by Crippen LogP contribution is 2.28. The van der Waals surface area contributed by atoms with E-state index in [1.54, 1.807) is 24.1 Å². The average molecular weight is 407 g/mol. The van der Waals surface area contributed by atoms with E-state index in [1.165, 1.54) is 12.3 Å². The summed E-state index contributed by atoms with van der Waals surface area (Å²) in [6.07, 6.45) is 1.47. The van der Waals surface area contributed by atoms with E-state index in [9.17, 15) is 9.59 Å². The maximum absolute atomic E-state index is 12.5. The lowest BCUT2D eigenvalue weighted by Gasteiger charge is -2.21. The highest BCUT2D eigenvalue weighted by molar-refractivity contribution is 6.32. The SMILES string of the molecule is CCOc1ccc(CN(CC)C(=O)COC(=O)c2cccnc2Cl)cc1OC. The molecule has 1 heterocycles. The molecule has 8 heteroatoms. The van der Waals surface area contributed by atoms with E-state index >= 15 is 0 Å². The molecular formula is C20H23ClN2O5. The Bertz CT molecular complexity index is 828. The van der Waals surface area contributed by atoms with Gasteiger partial charge in [0.15, 0.2) is 18.1 Å². The molecule has 28 heavy (non-hydrogen) atoms. The zero-order chi connectivity index (χ0) is 20.5. The van der Waals surface area contributed by atoms with Crippen LogP contribution in [0.15, 0.2) is 36.5 Å². The van der Waals surface area contributed by atoms with Crippen LogP contribution in [-0.4, -0.2) is 48.6 Å². The van der Waals surface area contributed by atoms with Crippen molar-refractivity contribution in [3.8, 4) is 11.5 Å². The Morgan fingerprint density at radius 3 is 2.61 bits per heavy atom. The highest BCUT2D eigenvalue weighted by Gasteiger charge is 2.18. The largest absolute Gasteiger partial charge is 0.493 e. The Balaban J connectivity index is 2.00. The molecule has 1 aromatic carbocycles. The van der Waals surface area contributed by atoms with Crippen molar-refractivity contribution in [1.29, 1.82) is 0 Å². The molecule has 7 nitrogen and oxygen atoms in total. The fourth-order valence-corrected chi connectivity index (χ4v) is 2.71. The topological polar surface area (TPSA) is 78.0 Å². The lowest BCUT2D eigenvalue weighted by atomic mass is 10.2. The van der Waals surface area contributed by atoms with Crippen LogP contribution in [0.3, 0.4) is 0 Å². The maximum atomic E-state index is 12.5. The number of carbonyl (C=O) groups excluding carboxylic acids is 2. The fourth-order valence-electron chi connectivity index (χ4n) is 2.52. The molecule has 0 saturated heterocycles. The second kappa shape index (κ2) is 10.5. The summed E-state index contributed by atoms with van der Waals surface area (Å²) < 4.78 is 15.9. The predicted molar refractivity (Wildman–Crippen MR) is 105 cm³/mol. The van der Waals surface area contributed by atoms with Crippen LogP contribution in [0.2, 0.25) is 5.15 Å². The Kier molecular flexibility index (Phi) is 8.07. The van der Waals surface area contributed by atoms with Crippen LogP contribution in [0.5, 0.6) is 11.5 Å². The monoisotopic (exact) mass is 406 g/mol. The Morgan fingerprint density at radius 2 is 1.96 bits per heavy atom. The van der Waals surface area contributed by atoms with E-state index in [0.717, 1.165) is 5.56 Å². The lowest BCUT2D eigenvalue weighted by molar-refractivity contribution is -0.134. The normalized spacial score (nSPS) is 10.3. The lowest BCUT2D eigenvalue weighted by Crippen LogP contribution is -2.34. The number of halogens is 1. The Morgan fingerprint density at radius 1 is 1.18 bits per heavy atom. The van der Waals surface area contributed by atoms with Gasteiger partial charge in [-0.15, -0.1) is 0 Å². The van der Waals surface area contributed by atoms with Gasteiger partial charge in [-0.05, 0) is 43.7 Å². The predicted octanol–water partition coefficient (Wildman–Crippen LogP) is 3.35. The first-order valence-electron chi connectivity index (χ1n) is 8.85. The van der Waals surface area contributed by atoms with Gasteiger partial charge in [0.25, 0.3) is 5.91 Å². The van der Waals surface area contributed by atoms with Gasteiger partial charge in [0.2, 0.25) is 0 Å². The first-order chi connectivity index (χ1) is 13.5. The smallest absolute Gasteiger partial charge is 0.341 e. The van der Waals surface area contributed by atoms with Crippen molar-refractivity contribution in [1.82, 2.24) is 9.88 Å². The number of nitrogens with zero attached hydrogens (tertiary/aromatic N) is 2. The number of hydrogen-bond acceptors (Lipinski definition) is 6. The van der Waals surface area contributed by atoms with E-state index in [1.807, 2.05) is 26.0 Å². The number of ether oxygens (including phenoxy) is 3. The quantitative estimate of drug-likeness (QED) is 0.469. The Labute approximate surface area is 169 Å². The molecule has 1 amide bonds. The number of pyridine rings is 1. The van der Waals surface area contributed by atoms with Crippen molar-refractivity contribution in [3.63, 3.8) is 0 Å². The molecule has 0 unspecified atom stereocenters. The second-order valence-electron chi connectivity index (χ2n) is 5.74. The number of hydrogen-bond donors (Lipinski definition) is 0. The summed E-state index contributed by atoms with van der Waals surface area (Å²) in [7, 11) is 1.56. The van der Waals surface area contributed by atoms with Crippen molar-refractivity contribution in [2.75, 3.05) is 26.9 Å². The fraction of sp³-hybridized carbons (Fsp3) is 0.350. The van der Waals surface area contributed by atoms with Gasteiger partial charge in [-0.2, -0.15) is 0 Å². The molecule has 2 aromatic rings. The number of rotatable bonds is 9. The van der Waals surface area contributed by atoms with E-state index in [0.29, 0.717) is 31.2 Å². The summed E-state index contributed by atoms with van der Waals surface area (Å²) in [6, 6.07) is 8.56. The van der Waals surface area contributed by atoms with Crippen LogP contribution in [0.4, 0.5) is 0 Å². The number of methoxy groups -OCH3 is 1. The number of esters is 1. The number of likely N-dealkylation sites (N-methyl/N-ethyl adjacent to an activating group) is 1. The van der Waals surface area contributed by atoms with Crippen LogP contribution >= 0.6 is 11.6 Å². The van der Waals surface area contributed by atoms with Crippen molar-refractivity contribution in [2.24, 2.45) is 0 Å². The van der Waals surface area contributed by atoms with E-state index < -0.39 is 5.97 Å². The summed E-state index contributed by atoms with van der Waals surface area (Å²) >= 11 is 5.87. The minimum atomic E-state index is -0.690. The summed E-state index contributed by atoms with van der Waals surface area (Å²) in [5.74, 6) is 0.236. The summed E-state index contributed by atoms with van der Waals surface area (Å²) in [6.45, 7) is 4.70. The summed E-state index contributed by atoms with van der Waals surface area (Å²) in [5, 5.41) is 0.0359. The van der Waals surface area contributed by atoms with Crippen molar-refractivity contribution >= 4 is 23.5 Å². The van der Waals surface area contributed by atoms with Crippen LogP contribution in [0, 0.1) is 0 Å². The van der Waals surface area contributed by atoms with Gasteiger partial charge in [0.1, 0.15) is 5.15 Å². The molecule has 0 fully saturated rings. The molecular weight excluding hydrogens is 384 g/mol. The molecule has 0 atom stereocenters. The van der Waals surface area contributed by atoms with Crippen LogP contribution < -0.4 is 9.47 Å². The molecule has 0 bridgehead atoms. The molecule has 2 rings (SSSR count). The number of aromatic nitrogens is 1. The summed E-state index contributed by atoms with van der Waals surface area (Å²) in [5.41, 5.74) is 0.994. The average Bonchev–Trinajstić information content (AvgIpc) is 2.71. The molecule has 0 saturated carbocycles. The molecule has 1 aromatic heterocycles. The van der Waals surface area contributed by atoms with Gasteiger partial charge in [-0.1, -0.05) is 17.7 Å². The maximum Gasteiger partial charge on any atom is 0.341 e. The minimum absolute atomic E-state index is 0.0359. The third kappa shape index (κ3) is 5.60. The highest BCUT2D eigenvalue weighted by atomic mass is 35.5. The van der Waals surface area contributed by atoms with Crippen molar-refractivity contribution in [3.05, 3.63) is 52.8 Å². The van der Waals surface area contributed by atoms with Gasteiger partial charge in [0, 0.05) is 19.3 Å². The van der Waals surface area contributed by atoms with Gasteiger partial charge in [-0.3, -0.25) is 4.79 Å². The first-order valence-corrected chi connectivity index (χ1v) is 9.23. The van der Waals surface area contributed by atoms with Gasteiger partial charge in [-0.25, -0.2) is 9.78 Å². The zero-order valence-electron chi connectivity index (χ0n) is 16.1. The molecule has 0 radical (unpaired) electrons. The van der Waals surface area contributed by atoms with E-state index in [2.05, 4.69) is 4.98 Å². The summed E-state index contributed by atoms with van der Waals surface area (Å²) in [4.78, 5) is 29.9. The van der Waals surface area contributed by atoms with Crippen LogP contribution in [0.25, 0.3) is 0 Å². The van der Waals surface area contributed by atoms with Crippen molar-refractivity contribution in [2.45, 2.75) is 20.4 Å². The van der Waals surface area contributed by atoms with E-state index in [4.69, 9.17) is 25.8 Å². The molecule has 0 aliphatic rings. The second-order valence-corrected chi connectivity index (χ2v) is 6.10. The molecule has 0 aliphatic carbocycles. The number of benzene rings is 1. The van der Waals surface area contributed by atoms with Crippen LogP contribution in [0.1, 0.15) is 29.8 Å². The zero-order valence-corrected chi connectivity index (χ0v) is 16.9. The standard InChI is InChI=1S/C20H23ClN2O5/c1-4-23(12-14-8-9-16(27-5-2)17(11-14)26-3)18(24)13-28-20(25)15-7-6-10-22-19(15)21/h6-11H,4-5,12-13H2,1-3H3. The molecule has 0 spiro atoms. The minimum Gasteiger partial charge on any atom is -0.493 e.